The summed E-state index contributed by atoms with van der Waals surface area (Å²) >= 11 is 0. The van der Waals surface area contributed by atoms with E-state index in [0.717, 1.165) is 28.4 Å². The first-order valence-electron chi connectivity index (χ1n) is 9.49. The zero-order valence-corrected chi connectivity index (χ0v) is 16.7. The molecule has 2 atom stereocenters. The van der Waals surface area contributed by atoms with Gasteiger partial charge in [-0.15, -0.1) is 0 Å². The molecule has 0 saturated carbocycles. The van der Waals surface area contributed by atoms with E-state index < -0.39 is 23.7 Å². The van der Waals surface area contributed by atoms with Crippen LogP contribution in [-0.4, -0.2) is 5.91 Å². The first-order valence-corrected chi connectivity index (χ1v) is 9.49. The zero-order valence-electron chi connectivity index (χ0n) is 16.7. The molecule has 1 amide bonds. The van der Waals surface area contributed by atoms with Crippen molar-refractivity contribution in [3.63, 3.8) is 0 Å². The van der Waals surface area contributed by atoms with E-state index >= 15 is 0 Å². The summed E-state index contributed by atoms with van der Waals surface area (Å²) in [7, 11) is 0. The Bertz CT molecular complexity index is 1010. The minimum atomic E-state index is -0.712. The van der Waals surface area contributed by atoms with E-state index in [4.69, 9.17) is 0 Å². The van der Waals surface area contributed by atoms with Crippen molar-refractivity contribution in [1.29, 1.82) is 0 Å². The van der Waals surface area contributed by atoms with Crippen LogP contribution in [0.25, 0.3) is 0 Å². The van der Waals surface area contributed by atoms with Gasteiger partial charge in [0.2, 0.25) is 5.91 Å². The average Bonchev–Trinajstić information content (AvgIpc) is 2.69. The third-order valence-corrected chi connectivity index (χ3v) is 4.89. The second-order valence-corrected chi connectivity index (χ2v) is 7.21. The van der Waals surface area contributed by atoms with Crippen molar-refractivity contribution < 1.29 is 13.6 Å². The minimum absolute atomic E-state index is 0.251. The van der Waals surface area contributed by atoms with Crippen molar-refractivity contribution in [2.24, 2.45) is 0 Å². The van der Waals surface area contributed by atoms with Gasteiger partial charge < -0.3 is 5.32 Å². The Morgan fingerprint density at radius 2 is 1.66 bits per heavy atom. The van der Waals surface area contributed by atoms with Crippen LogP contribution in [0.1, 0.15) is 41.3 Å². The smallest absolute Gasteiger partial charge is 0.246 e. The molecular formula is C24H24F2N2O. The van der Waals surface area contributed by atoms with Gasteiger partial charge in [-0.25, -0.2) is 8.78 Å². The second kappa shape index (κ2) is 8.97. The lowest BCUT2D eigenvalue weighted by atomic mass is 10.0. The predicted octanol–water partition coefficient (Wildman–Crippen LogP) is 5.61. The molecule has 0 unspecified atom stereocenters. The number of amides is 1. The number of rotatable bonds is 6. The molecule has 0 aliphatic heterocycles. The van der Waals surface area contributed by atoms with Crippen LogP contribution in [0.15, 0.2) is 66.7 Å². The SMILES string of the molecule is Cc1ccc(C)c(NC(=O)[C@@H](N[C@H](C)c2ccc(F)cc2F)c2ccccc2)c1. The molecule has 0 saturated heterocycles. The normalized spacial score (nSPS) is 13.0. The van der Waals surface area contributed by atoms with E-state index in [9.17, 15) is 13.6 Å². The van der Waals surface area contributed by atoms with Crippen LogP contribution in [-0.2, 0) is 4.79 Å². The molecule has 3 rings (SSSR count). The number of hydrogen-bond donors (Lipinski definition) is 2. The maximum absolute atomic E-state index is 14.2. The number of benzene rings is 3. The highest BCUT2D eigenvalue weighted by Crippen LogP contribution is 2.25. The number of nitrogens with one attached hydrogen (secondary N) is 2. The number of carbonyl (C=O) groups excluding carboxylic acids is 1. The molecular weight excluding hydrogens is 370 g/mol. The summed E-state index contributed by atoms with van der Waals surface area (Å²) in [6.07, 6.45) is 0. The number of carbonyl (C=O) groups is 1. The van der Waals surface area contributed by atoms with Crippen molar-refractivity contribution in [3.8, 4) is 0 Å². The molecule has 0 bridgehead atoms. The largest absolute Gasteiger partial charge is 0.324 e. The quantitative estimate of drug-likeness (QED) is 0.570. The molecule has 0 aliphatic carbocycles. The van der Waals surface area contributed by atoms with Crippen molar-refractivity contribution in [1.82, 2.24) is 5.32 Å². The Labute approximate surface area is 169 Å². The van der Waals surface area contributed by atoms with Gasteiger partial charge in [0.05, 0.1) is 0 Å². The van der Waals surface area contributed by atoms with E-state index in [1.54, 1.807) is 6.92 Å². The summed E-state index contributed by atoms with van der Waals surface area (Å²) in [6, 6.07) is 17.3. The summed E-state index contributed by atoms with van der Waals surface area (Å²) in [5, 5.41) is 6.16. The van der Waals surface area contributed by atoms with Gasteiger partial charge in [0, 0.05) is 23.4 Å². The van der Waals surface area contributed by atoms with Crippen LogP contribution >= 0.6 is 0 Å². The topological polar surface area (TPSA) is 41.1 Å². The van der Waals surface area contributed by atoms with Crippen LogP contribution in [0.5, 0.6) is 0 Å². The Kier molecular flexibility index (Phi) is 6.39. The van der Waals surface area contributed by atoms with Gasteiger partial charge in [-0.1, -0.05) is 48.5 Å². The van der Waals surface area contributed by atoms with Crippen LogP contribution in [0, 0.1) is 25.5 Å². The Hall–Kier alpha value is -3.05. The summed E-state index contributed by atoms with van der Waals surface area (Å²) in [5.74, 6) is -1.53. The van der Waals surface area contributed by atoms with Crippen molar-refractivity contribution in [3.05, 3.63) is 101 Å². The van der Waals surface area contributed by atoms with Gasteiger partial charge >= 0.3 is 0 Å². The van der Waals surface area contributed by atoms with Gasteiger partial charge in [-0.3, -0.25) is 10.1 Å². The third kappa shape index (κ3) is 5.06. The van der Waals surface area contributed by atoms with E-state index in [2.05, 4.69) is 10.6 Å². The standard InChI is InChI=1S/C24H24F2N2O/c1-15-9-10-16(2)22(13-15)28-24(29)23(18-7-5-4-6-8-18)27-17(3)20-12-11-19(25)14-21(20)26/h4-14,17,23,27H,1-3H3,(H,28,29)/t17-,23+/m1/s1. The second-order valence-electron chi connectivity index (χ2n) is 7.21. The van der Waals surface area contributed by atoms with E-state index in [-0.39, 0.29) is 5.91 Å². The first-order chi connectivity index (χ1) is 13.8. The minimum Gasteiger partial charge on any atom is -0.324 e. The number of halogens is 2. The average molecular weight is 394 g/mol. The van der Waals surface area contributed by atoms with Crippen LogP contribution < -0.4 is 10.6 Å². The monoisotopic (exact) mass is 394 g/mol. The summed E-state index contributed by atoms with van der Waals surface area (Å²) in [4.78, 5) is 13.2. The highest BCUT2D eigenvalue weighted by atomic mass is 19.1. The molecule has 0 radical (unpaired) electrons. The van der Waals surface area contributed by atoms with E-state index in [1.807, 2.05) is 62.4 Å². The molecule has 150 valence electrons. The van der Waals surface area contributed by atoms with Crippen molar-refractivity contribution in [2.45, 2.75) is 32.9 Å². The van der Waals surface area contributed by atoms with Gasteiger partial charge in [0.1, 0.15) is 17.7 Å². The molecule has 29 heavy (non-hydrogen) atoms. The van der Waals surface area contributed by atoms with E-state index in [1.165, 1.54) is 12.1 Å². The number of anilines is 1. The predicted molar refractivity (Wildman–Crippen MR) is 112 cm³/mol. The molecule has 0 heterocycles. The molecule has 0 aromatic heterocycles. The van der Waals surface area contributed by atoms with Crippen molar-refractivity contribution >= 4 is 11.6 Å². The molecule has 0 spiro atoms. The Morgan fingerprint density at radius 3 is 2.34 bits per heavy atom. The van der Waals surface area contributed by atoms with Crippen LogP contribution in [0.4, 0.5) is 14.5 Å². The van der Waals surface area contributed by atoms with Crippen LogP contribution in [0.3, 0.4) is 0 Å². The molecule has 5 heteroatoms. The van der Waals surface area contributed by atoms with Crippen LogP contribution in [0.2, 0.25) is 0 Å². The highest BCUT2D eigenvalue weighted by molar-refractivity contribution is 5.96. The lowest BCUT2D eigenvalue weighted by Gasteiger charge is -2.24. The maximum atomic E-state index is 14.2. The van der Waals surface area contributed by atoms with Gasteiger partial charge in [-0.05, 0) is 49.6 Å². The molecule has 3 aromatic carbocycles. The zero-order chi connectivity index (χ0) is 21.0. The lowest BCUT2D eigenvalue weighted by molar-refractivity contribution is -0.118. The molecule has 0 fully saturated rings. The highest BCUT2D eigenvalue weighted by Gasteiger charge is 2.24. The van der Waals surface area contributed by atoms with Gasteiger partial charge in [0.25, 0.3) is 0 Å². The fourth-order valence-corrected chi connectivity index (χ4v) is 3.24. The molecule has 3 nitrogen and oxygen atoms in total. The lowest BCUT2D eigenvalue weighted by Crippen LogP contribution is -2.35. The first kappa shape index (κ1) is 20.7. The Morgan fingerprint density at radius 1 is 0.931 bits per heavy atom. The summed E-state index contributed by atoms with van der Waals surface area (Å²) < 4.78 is 27.5. The van der Waals surface area contributed by atoms with Gasteiger partial charge in [-0.2, -0.15) is 0 Å². The van der Waals surface area contributed by atoms with Crippen molar-refractivity contribution in [2.75, 3.05) is 5.32 Å². The molecule has 0 aliphatic rings. The molecule has 2 N–H and O–H groups in total. The van der Waals surface area contributed by atoms with E-state index in [0.29, 0.717) is 5.56 Å². The summed E-state index contributed by atoms with van der Waals surface area (Å²) in [6.45, 7) is 5.63. The fraction of sp³-hybridized carbons (Fsp3) is 0.208. The number of hydrogen-bond acceptors (Lipinski definition) is 2. The maximum Gasteiger partial charge on any atom is 0.246 e. The fourth-order valence-electron chi connectivity index (χ4n) is 3.24. The molecule has 3 aromatic rings. The van der Waals surface area contributed by atoms with Gasteiger partial charge in [0.15, 0.2) is 0 Å². The summed E-state index contributed by atoms with van der Waals surface area (Å²) in [5.41, 5.74) is 3.78. The number of aryl methyl sites for hydroxylation is 2. The third-order valence-electron chi connectivity index (χ3n) is 4.89. The Balaban J connectivity index is 1.88.